The van der Waals surface area contributed by atoms with Crippen molar-refractivity contribution in [3.05, 3.63) is 127 Å². The molecule has 0 aliphatic heterocycles. The van der Waals surface area contributed by atoms with Crippen LogP contribution in [0.25, 0.3) is 82.5 Å². The van der Waals surface area contributed by atoms with E-state index in [9.17, 15) is 0 Å². The summed E-state index contributed by atoms with van der Waals surface area (Å²) in [4.78, 5) is 0. The van der Waals surface area contributed by atoms with Crippen LogP contribution in [0, 0.1) is 0 Å². The van der Waals surface area contributed by atoms with Crippen molar-refractivity contribution in [1.82, 2.24) is 14.6 Å². The molecule has 9 aromatic rings. The zero-order valence-electron chi connectivity index (χ0n) is 21.4. The second-order valence-electron chi connectivity index (χ2n) is 10.2. The summed E-state index contributed by atoms with van der Waals surface area (Å²) in [7, 11) is 0. The van der Waals surface area contributed by atoms with Gasteiger partial charge in [0.15, 0.2) is 11.5 Å². The number of nitrogens with zero attached hydrogens (tertiary/aromatic N) is 3. The summed E-state index contributed by atoms with van der Waals surface area (Å²) in [5.74, 6) is 0.835. The van der Waals surface area contributed by atoms with Gasteiger partial charge in [-0.2, -0.15) is 0 Å². The molecule has 4 nitrogen and oxygen atoms in total. The van der Waals surface area contributed by atoms with Crippen LogP contribution in [0.15, 0.2) is 132 Å². The second-order valence-corrected chi connectivity index (χ2v) is 10.2. The van der Waals surface area contributed by atoms with Gasteiger partial charge in [-0.15, -0.1) is 10.2 Å². The van der Waals surface area contributed by atoms with Gasteiger partial charge in [-0.05, 0) is 33.9 Å². The molecule has 186 valence electrons. The van der Waals surface area contributed by atoms with Crippen molar-refractivity contribution in [2.75, 3.05) is 0 Å². The van der Waals surface area contributed by atoms with Crippen LogP contribution < -0.4 is 0 Å². The molecular weight excluding hydrogens is 490 g/mol. The average molecular weight is 512 g/mol. The number of hydrogen-bond acceptors (Lipinski definition) is 3. The summed E-state index contributed by atoms with van der Waals surface area (Å²) < 4.78 is 8.62. The quantitative estimate of drug-likeness (QED) is 0.217. The fraction of sp³-hybridized carbons (Fsp3) is 0. The molecular formula is C36H21N3O. The van der Waals surface area contributed by atoms with E-state index < -0.39 is 0 Å². The van der Waals surface area contributed by atoms with Crippen LogP contribution in [0.3, 0.4) is 0 Å². The molecule has 0 saturated carbocycles. The Morgan fingerprint density at radius 1 is 0.425 bits per heavy atom. The van der Waals surface area contributed by atoms with E-state index in [1.165, 1.54) is 10.8 Å². The second kappa shape index (κ2) is 8.01. The van der Waals surface area contributed by atoms with Gasteiger partial charge in [-0.1, -0.05) is 115 Å². The monoisotopic (exact) mass is 511 g/mol. The van der Waals surface area contributed by atoms with Gasteiger partial charge in [0.1, 0.15) is 11.2 Å². The smallest absolute Gasteiger partial charge is 0.169 e. The van der Waals surface area contributed by atoms with Gasteiger partial charge in [-0.25, -0.2) is 0 Å². The highest BCUT2D eigenvalue weighted by molar-refractivity contribution is 6.15. The molecule has 0 aliphatic carbocycles. The van der Waals surface area contributed by atoms with Gasteiger partial charge in [-0.3, -0.25) is 4.40 Å². The van der Waals surface area contributed by atoms with E-state index >= 15 is 0 Å². The van der Waals surface area contributed by atoms with Gasteiger partial charge < -0.3 is 4.42 Å². The van der Waals surface area contributed by atoms with Crippen LogP contribution >= 0.6 is 0 Å². The van der Waals surface area contributed by atoms with E-state index in [2.05, 4.69) is 120 Å². The molecule has 0 spiro atoms. The predicted octanol–water partition coefficient (Wildman–Crippen LogP) is 9.42. The minimum atomic E-state index is 0.835. The molecule has 0 atom stereocenters. The first-order valence-electron chi connectivity index (χ1n) is 13.4. The SMILES string of the molecule is c1ccc2c(c1)oc1c(-c3cccc4c(-c5nnc6c7ccccc7c7ccccc7n56)cccc34)cccc12. The molecule has 3 heterocycles. The van der Waals surface area contributed by atoms with Gasteiger partial charge in [0.2, 0.25) is 0 Å². The minimum Gasteiger partial charge on any atom is -0.455 e. The summed E-state index contributed by atoms with van der Waals surface area (Å²) in [5.41, 5.74) is 7.03. The number of aromatic nitrogens is 3. The van der Waals surface area contributed by atoms with Crippen molar-refractivity contribution < 1.29 is 4.42 Å². The van der Waals surface area contributed by atoms with Crippen molar-refractivity contribution in [2.24, 2.45) is 0 Å². The number of benzene rings is 6. The number of furan rings is 1. The zero-order valence-corrected chi connectivity index (χ0v) is 21.4. The topological polar surface area (TPSA) is 43.3 Å². The third-order valence-corrected chi connectivity index (χ3v) is 8.12. The Labute approximate surface area is 228 Å². The maximum atomic E-state index is 6.41. The van der Waals surface area contributed by atoms with E-state index in [1.807, 2.05) is 12.1 Å². The Balaban J connectivity index is 1.35. The van der Waals surface area contributed by atoms with Gasteiger partial charge in [0.25, 0.3) is 0 Å². The highest BCUT2D eigenvalue weighted by Crippen LogP contribution is 2.41. The van der Waals surface area contributed by atoms with Crippen molar-refractivity contribution in [3.8, 4) is 22.5 Å². The molecule has 40 heavy (non-hydrogen) atoms. The third-order valence-electron chi connectivity index (χ3n) is 8.12. The molecule has 0 unspecified atom stereocenters. The summed E-state index contributed by atoms with van der Waals surface area (Å²) in [5, 5.41) is 17.5. The standard InChI is InChI=1S/C36H21N3O/c1-2-13-30-25(10-1)26-11-3-5-20-32(26)39-35(30)37-38-36(39)31-19-8-14-22-23(15-7-16-24(22)31)28-17-9-18-29-27-12-4-6-21-33(27)40-34(28)29/h1-21H. The average Bonchev–Trinajstić information content (AvgIpc) is 3.63. The molecule has 0 radical (unpaired) electrons. The van der Waals surface area contributed by atoms with Crippen molar-refractivity contribution >= 4 is 60.0 Å². The Hall–Kier alpha value is -5.48. The first-order chi connectivity index (χ1) is 19.9. The number of hydrogen-bond donors (Lipinski definition) is 0. The molecule has 9 rings (SSSR count). The molecule has 4 heteroatoms. The van der Waals surface area contributed by atoms with Gasteiger partial charge in [0.05, 0.1) is 5.52 Å². The molecule has 0 saturated heterocycles. The summed E-state index contributed by atoms with van der Waals surface area (Å²) in [6, 6.07) is 44.5. The summed E-state index contributed by atoms with van der Waals surface area (Å²) in [6.07, 6.45) is 0. The van der Waals surface area contributed by atoms with Gasteiger partial charge in [0, 0.05) is 32.7 Å². The molecule has 0 N–H and O–H groups in total. The third kappa shape index (κ3) is 2.85. The number of rotatable bonds is 2. The highest BCUT2D eigenvalue weighted by Gasteiger charge is 2.19. The first-order valence-corrected chi connectivity index (χ1v) is 13.4. The van der Waals surface area contributed by atoms with Crippen LogP contribution in [-0.4, -0.2) is 14.6 Å². The molecule has 0 amide bonds. The number of pyridine rings is 1. The lowest BCUT2D eigenvalue weighted by Gasteiger charge is -2.12. The minimum absolute atomic E-state index is 0.835. The summed E-state index contributed by atoms with van der Waals surface area (Å²) >= 11 is 0. The normalized spacial score (nSPS) is 12.0. The molecule has 3 aromatic heterocycles. The Kier molecular flexibility index (Phi) is 4.30. The van der Waals surface area contributed by atoms with E-state index in [-0.39, 0.29) is 0 Å². The van der Waals surface area contributed by atoms with E-state index in [4.69, 9.17) is 14.6 Å². The van der Waals surface area contributed by atoms with Crippen LogP contribution in [-0.2, 0) is 0 Å². The van der Waals surface area contributed by atoms with E-state index in [0.717, 1.165) is 71.8 Å². The van der Waals surface area contributed by atoms with Crippen LogP contribution in [0.5, 0.6) is 0 Å². The predicted molar refractivity (Wildman–Crippen MR) is 164 cm³/mol. The van der Waals surface area contributed by atoms with Crippen LogP contribution in [0.4, 0.5) is 0 Å². The highest BCUT2D eigenvalue weighted by atomic mass is 16.3. The lowest BCUT2D eigenvalue weighted by Crippen LogP contribution is -1.95. The Morgan fingerprint density at radius 2 is 1.02 bits per heavy atom. The molecule has 6 aromatic carbocycles. The Bertz CT molecular complexity index is 2450. The lowest BCUT2D eigenvalue weighted by molar-refractivity contribution is 0.670. The van der Waals surface area contributed by atoms with Gasteiger partial charge >= 0.3 is 0 Å². The van der Waals surface area contributed by atoms with Crippen molar-refractivity contribution in [1.29, 1.82) is 0 Å². The fourth-order valence-electron chi connectivity index (χ4n) is 6.37. The number of fused-ring (bicyclic) bond motifs is 10. The fourth-order valence-corrected chi connectivity index (χ4v) is 6.37. The maximum absolute atomic E-state index is 6.41. The largest absolute Gasteiger partial charge is 0.455 e. The van der Waals surface area contributed by atoms with E-state index in [0.29, 0.717) is 0 Å². The van der Waals surface area contributed by atoms with E-state index in [1.54, 1.807) is 0 Å². The van der Waals surface area contributed by atoms with Crippen LogP contribution in [0.2, 0.25) is 0 Å². The summed E-state index contributed by atoms with van der Waals surface area (Å²) in [6.45, 7) is 0. The molecule has 0 bridgehead atoms. The van der Waals surface area contributed by atoms with Crippen molar-refractivity contribution in [2.45, 2.75) is 0 Å². The van der Waals surface area contributed by atoms with Crippen LogP contribution in [0.1, 0.15) is 0 Å². The zero-order chi connectivity index (χ0) is 26.2. The Morgan fingerprint density at radius 3 is 1.88 bits per heavy atom. The maximum Gasteiger partial charge on any atom is 0.169 e. The molecule has 0 fully saturated rings. The first kappa shape index (κ1) is 21.5. The molecule has 0 aliphatic rings. The van der Waals surface area contributed by atoms with Crippen molar-refractivity contribution in [3.63, 3.8) is 0 Å². The number of para-hydroxylation sites is 3. The lowest BCUT2D eigenvalue weighted by atomic mass is 9.94.